The number of carbonyl (C=O) groups is 1. The molecule has 0 spiro atoms. The molecule has 0 saturated heterocycles. The van der Waals surface area contributed by atoms with Crippen LogP contribution in [-0.2, 0) is 0 Å². The van der Waals surface area contributed by atoms with Crippen LogP contribution in [0.25, 0.3) is 10.4 Å². The van der Waals surface area contributed by atoms with E-state index in [2.05, 4.69) is 4.98 Å². The summed E-state index contributed by atoms with van der Waals surface area (Å²) in [6.45, 7) is 1.73. The van der Waals surface area contributed by atoms with Crippen molar-refractivity contribution in [2.45, 2.75) is 6.92 Å². The average molecular weight is 235 g/mol. The predicted octanol–water partition coefficient (Wildman–Crippen LogP) is 2.11. The highest BCUT2D eigenvalue weighted by Gasteiger charge is 2.17. The zero-order valence-corrected chi connectivity index (χ0v) is 9.30. The lowest BCUT2D eigenvalue weighted by Gasteiger charge is -2.04. The third-order valence-corrected chi connectivity index (χ3v) is 3.07. The van der Waals surface area contributed by atoms with E-state index in [4.69, 9.17) is 5.11 Å². The Morgan fingerprint density at radius 3 is 2.81 bits per heavy atom. The standard InChI is InChI=1S/C11H9NO3S/c1-6-5-7(8-3-2-4-16-8)9(11(14)15)10(13)12-6/h2-5H,1H3,(H,12,13)(H,14,15). The van der Waals surface area contributed by atoms with Gasteiger partial charge in [0.05, 0.1) is 0 Å². The number of aromatic nitrogens is 1. The minimum absolute atomic E-state index is 0.201. The maximum absolute atomic E-state index is 11.6. The average Bonchev–Trinajstić information content (AvgIpc) is 2.67. The van der Waals surface area contributed by atoms with Crippen LogP contribution < -0.4 is 5.56 Å². The Balaban J connectivity index is 2.77. The van der Waals surface area contributed by atoms with Gasteiger partial charge in [-0.1, -0.05) is 6.07 Å². The summed E-state index contributed by atoms with van der Waals surface area (Å²) in [5, 5.41) is 10.9. The molecule has 2 N–H and O–H groups in total. The van der Waals surface area contributed by atoms with Crippen molar-refractivity contribution in [2.24, 2.45) is 0 Å². The number of aromatic amines is 1. The molecule has 0 aliphatic heterocycles. The van der Waals surface area contributed by atoms with Crippen LogP contribution >= 0.6 is 11.3 Å². The van der Waals surface area contributed by atoms with Crippen LogP contribution in [0.5, 0.6) is 0 Å². The number of carboxylic acid groups (broad SMARTS) is 1. The smallest absolute Gasteiger partial charge is 0.342 e. The first kappa shape index (κ1) is 10.6. The van der Waals surface area contributed by atoms with Gasteiger partial charge >= 0.3 is 5.97 Å². The zero-order valence-electron chi connectivity index (χ0n) is 8.48. The van der Waals surface area contributed by atoms with Gasteiger partial charge in [-0.25, -0.2) is 4.79 Å². The summed E-state index contributed by atoms with van der Waals surface area (Å²) in [5.41, 5.74) is 0.367. The molecule has 16 heavy (non-hydrogen) atoms. The number of aryl methyl sites for hydroxylation is 1. The first-order chi connectivity index (χ1) is 7.59. The quantitative estimate of drug-likeness (QED) is 0.837. The van der Waals surface area contributed by atoms with E-state index in [-0.39, 0.29) is 5.56 Å². The maximum Gasteiger partial charge on any atom is 0.342 e. The molecule has 0 fully saturated rings. The number of nitrogens with one attached hydrogen (secondary N) is 1. The summed E-state index contributed by atoms with van der Waals surface area (Å²) in [4.78, 5) is 25.9. The highest BCUT2D eigenvalue weighted by molar-refractivity contribution is 7.13. The van der Waals surface area contributed by atoms with Crippen molar-refractivity contribution >= 4 is 17.3 Å². The SMILES string of the molecule is Cc1cc(-c2cccs2)c(C(=O)O)c(=O)[nH]1. The molecule has 2 heterocycles. The number of rotatable bonds is 2. The van der Waals surface area contributed by atoms with E-state index < -0.39 is 11.5 Å². The summed E-state index contributed by atoms with van der Waals surface area (Å²) in [6, 6.07) is 5.30. The third-order valence-electron chi connectivity index (χ3n) is 2.17. The van der Waals surface area contributed by atoms with Gasteiger partial charge in [0.15, 0.2) is 0 Å². The van der Waals surface area contributed by atoms with Crippen LogP contribution in [0.2, 0.25) is 0 Å². The molecule has 0 aromatic carbocycles. The van der Waals surface area contributed by atoms with E-state index in [0.717, 1.165) is 4.88 Å². The summed E-state index contributed by atoms with van der Waals surface area (Å²) in [7, 11) is 0. The lowest BCUT2D eigenvalue weighted by molar-refractivity contribution is 0.0696. The lowest BCUT2D eigenvalue weighted by Crippen LogP contribution is -2.19. The molecule has 0 aliphatic carbocycles. The van der Waals surface area contributed by atoms with E-state index in [0.29, 0.717) is 11.3 Å². The van der Waals surface area contributed by atoms with Crippen LogP contribution in [0.15, 0.2) is 28.4 Å². The van der Waals surface area contributed by atoms with E-state index in [1.165, 1.54) is 11.3 Å². The van der Waals surface area contributed by atoms with Gasteiger partial charge in [0.1, 0.15) is 5.56 Å². The minimum atomic E-state index is -1.20. The van der Waals surface area contributed by atoms with Crippen molar-refractivity contribution in [3.05, 3.63) is 45.2 Å². The number of thiophene rings is 1. The third kappa shape index (κ3) is 1.77. The lowest BCUT2D eigenvalue weighted by atomic mass is 10.1. The molecule has 0 aliphatic rings. The Bertz CT molecular complexity index is 584. The second-order valence-corrected chi connectivity index (χ2v) is 4.30. The topological polar surface area (TPSA) is 70.2 Å². The van der Waals surface area contributed by atoms with E-state index in [1.807, 2.05) is 11.4 Å². The first-order valence-corrected chi connectivity index (χ1v) is 5.48. The van der Waals surface area contributed by atoms with Gasteiger partial charge in [0.25, 0.3) is 5.56 Å². The summed E-state index contributed by atoms with van der Waals surface area (Å²) in [6.07, 6.45) is 0. The fraction of sp³-hybridized carbons (Fsp3) is 0.0909. The van der Waals surface area contributed by atoms with E-state index in [9.17, 15) is 9.59 Å². The molecule has 5 heteroatoms. The molecule has 2 aromatic rings. The zero-order chi connectivity index (χ0) is 11.7. The fourth-order valence-corrected chi connectivity index (χ4v) is 2.28. The molecule has 2 rings (SSSR count). The highest BCUT2D eigenvalue weighted by atomic mass is 32.1. The van der Waals surface area contributed by atoms with Crippen molar-refractivity contribution in [3.63, 3.8) is 0 Å². The largest absolute Gasteiger partial charge is 0.477 e. The predicted molar refractivity (Wildman–Crippen MR) is 62.1 cm³/mol. The first-order valence-electron chi connectivity index (χ1n) is 4.60. The van der Waals surface area contributed by atoms with Gasteiger partial charge in [0, 0.05) is 16.1 Å². The Labute approximate surface area is 95.2 Å². The number of H-pyrrole nitrogens is 1. The second-order valence-electron chi connectivity index (χ2n) is 3.35. The van der Waals surface area contributed by atoms with Crippen LogP contribution in [0.3, 0.4) is 0 Å². The fourth-order valence-electron chi connectivity index (χ4n) is 1.53. The van der Waals surface area contributed by atoms with Crippen molar-refractivity contribution in [3.8, 4) is 10.4 Å². The number of carboxylic acids is 1. The Morgan fingerprint density at radius 1 is 1.50 bits per heavy atom. The van der Waals surface area contributed by atoms with Gasteiger partial charge < -0.3 is 10.1 Å². The van der Waals surface area contributed by atoms with Crippen molar-refractivity contribution < 1.29 is 9.90 Å². The van der Waals surface area contributed by atoms with E-state index in [1.54, 1.807) is 19.1 Å². The summed E-state index contributed by atoms with van der Waals surface area (Å²) in [5.74, 6) is -1.20. The molecule has 2 aromatic heterocycles. The number of hydrogen-bond acceptors (Lipinski definition) is 3. The van der Waals surface area contributed by atoms with Gasteiger partial charge in [0.2, 0.25) is 0 Å². The molecular formula is C11H9NO3S. The van der Waals surface area contributed by atoms with Gasteiger partial charge in [-0.3, -0.25) is 4.79 Å². The molecule has 0 unspecified atom stereocenters. The Hall–Kier alpha value is -1.88. The highest BCUT2D eigenvalue weighted by Crippen LogP contribution is 2.26. The Morgan fingerprint density at radius 2 is 2.25 bits per heavy atom. The molecule has 82 valence electrons. The molecule has 0 radical (unpaired) electrons. The van der Waals surface area contributed by atoms with Crippen molar-refractivity contribution in [1.82, 2.24) is 4.98 Å². The van der Waals surface area contributed by atoms with Gasteiger partial charge in [-0.2, -0.15) is 0 Å². The summed E-state index contributed by atoms with van der Waals surface area (Å²) < 4.78 is 0. The van der Waals surface area contributed by atoms with Crippen LogP contribution in [0.1, 0.15) is 16.1 Å². The van der Waals surface area contributed by atoms with Crippen molar-refractivity contribution in [2.75, 3.05) is 0 Å². The van der Waals surface area contributed by atoms with Gasteiger partial charge in [-0.05, 0) is 24.4 Å². The summed E-state index contributed by atoms with van der Waals surface area (Å²) >= 11 is 1.41. The monoisotopic (exact) mass is 235 g/mol. The van der Waals surface area contributed by atoms with E-state index >= 15 is 0 Å². The molecule has 0 saturated carbocycles. The molecule has 4 nitrogen and oxygen atoms in total. The number of aromatic carboxylic acids is 1. The van der Waals surface area contributed by atoms with Crippen LogP contribution in [-0.4, -0.2) is 16.1 Å². The molecule has 0 bridgehead atoms. The minimum Gasteiger partial charge on any atom is -0.477 e. The van der Waals surface area contributed by atoms with Gasteiger partial charge in [-0.15, -0.1) is 11.3 Å². The van der Waals surface area contributed by atoms with Crippen LogP contribution in [0.4, 0.5) is 0 Å². The van der Waals surface area contributed by atoms with Crippen molar-refractivity contribution in [1.29, 1.82) is 0 Å². The van der Waals surface area contributed by atoms with Crippen LogP contribution in [0, 0.1) is 6.92 Å². The molecule has 0 atom stereocenters. The molecule has 0 amide bonds. The normalized spacial score (nSPS) is 10.3. The molecular weight excluding hydrogens is 226 g/mol. The second kappa shape index (κ2) is 3.94. The maximum atomic E-state index is 11.6. The number of pyridine rings is 1. The number of hydrogen-bond donors (Lipinski definition) is 2. The Kier molecular flexibility index (Phi) is 2.62.